The smallest absolute Gasteiger partial charge is 0.339 e. The number of alkyl halides is 1. The molecule has 1 N–H and O–H groups in total. The van der Waals surface area contributed by atoms with Gasteiger partial charge < -0.3 is 9.84 Å². The lowest BCUT2D eigenvalue weighted by Crippen LogP contribution is -2.26. The van der Waals surface area contributed by atoms with Gasteiger partial charge in [0, 0.05) is 5.41 Å². The lowest BCUT2D eigenvalue weighted by Gasteiger charge is -2.24. The predicted octanol–water partition coefficient (Wildman–Crippen LogP) is 3.15. The second-order valence-electron chi connectivity index (χ2n) is 4.97. The Bertz CT molecular complexity index is 445. The van der Waals surface area contributed by atoms with Crippen LogP contribution in [-0.2, 0) is 4.74 Å². The van der Waals surface area contributed by atoms with Crippen LogP contribution >= 0.6 is 11.6 Å². The van der Waals surface area contributed by atoms with Crippen LogP contribution in [0.25, 0.3) is 0 Å². The molecule has 0 heterocycles. The average Bonchev–Trinajstić information content (AvgIpc) is 2.27. The van der Waals surface area contributed by atoms with Gasteiger partial charge in [-0.05, 0) is 24.3 Å². The normalized spacial score (nSPS) is 12.9. The molecule has 0 saturated heterocycles. The fourth-order valence-electron chi connectivity index (χ4n) is 1.09. The summed E-state index contributed by atoms with van der Waals surface area (Å²) in [6, 6.07) is 5.49. The molecule has 0 radical (unpaired) electrons. The highest BCUT2D eigenvalue weighted by atomic mass is 35.5. The van der Waals surface area contributed by atoms with E-state index in [1.54, 1.807) is 0 Å². The number of carboxylic acid groups (broad SMARTS) is 1. The van der Waals surface area contributed by atoms with Crippen LogP contribution < -0.4 is 0 Å². The van der Waals surface area contributed by atoms with Crippen LogP contribution in [0.15, 0.2) is 24.3 Å². The van der Waals surface area contributed by atoms with Crippen molar-refractivity contribution in [3.05, 3.63) is 35.4 Å². The van der Waals surface area contributed by atoms with Crippen LogP contribution in [0.1, 0.15) is 41.5 Å². The molecule has 0 aliphatic carbocycles. The molecule has 0 aliphatic rings. The first-order valence-corrected chi connectivity index (χ1v) is 5.84. The first-order chi connectivity index (χ1) is 8.21. The molecule has 0 fully saturated rings. The minimum atomic E-state index is -1.04. The Kier molecular flexibility index (Phi) is 4.35. The number of benzene rings is 1. The van der Waals surface area contributed by atoms with Crippen molar-refractivity contribution in [1.29, 1.82) is 0 Å². The summed E-state index contributed by atoms with van der Waals surface area (Å²) in [6.07, 6.45) is 0. The van der Waals surface area contributed by atoms with Crippen LogP contribution in [-0.4, -0.2) is 22.6 Å². The molecular formula is C13H15ClO4. The number of halogens is 1. The monoisotopic (exact) mass is 270 g/mol. The number of carbonyl (C=O) groups excluding carboxylic acids is 1. The number of rotatable bonds is 3. The lowest BCUT2D eigenvalue weighted by atomic mass is 9.98. The van der Waals surface area contributed by atoms with Gasteiger partial charge in [0.15, 0.2) is 5.56 Å². The van der Waals surface area contributed by atoms with Crippen LogP contribution in [0.2, 0.25) is 0 Å². The molecule has 98 valence electrons. The van der Waals surface area contributed by atoms with Gasteiger partial charge in [-0.2, -0.15) is 0 Å². The zero-order valence-electron chi connectivity index (χ0n) is 10.4. The maximum absolute atomic E-state index is 11.7. The molecule has 0 bridgehead atoms. The zero-order chi connectivity index (χ0) is 13.9. The van der Waals surface area contributed by atoms with Crippen molar-refractivity contribution in [2.75, 3.05) is 0 Å². The number of esters is 1. The minimum Gasteiger partial charge on any atom is -0.478 e. The second kappa shape index (κ2) is 5.40. The summed E-state index contributed by atoms with van der Waals surface area (Å²) < 4.78 is 5.08. The van der Waals surface area contributed by atoms with E-state index in [-0.39, 0.29) is 16.5 Å². The van der Waals surface area contributed by atoms with E-state index in [1.165, 1.54) is 24.3 Å². The summed E-state index contributed by atoms with van der Waals surface area (Å²) in [4.78, 5) is 22.4. The maximum atomic E-state index is 11.7. The van der Waals surface area contributed by atoms with Gasteiger partial charge in [0.25, 0.3) is 0 Å². The summed E-state index contributed by atoms with van der Waals surface area (Å²) >= 11 is 5.95. The SMILES string of the molecule is CC(C)(C)C(Cl)OC(=O)c1ccc(C(=O)O)cc1. The van der Waals surface area contributed by atoms with Crippen molar-refractivity contribution in [2.24, 2.45) is 5.41 Å². The fraction of sp³-hybridized carbons (Fsp3) is 0.385. The van der Waals surface area contributed by atoms with Gasteiger partial charge in [-0.25, -0.2) is 9.59 Å². The third kappa shape index (κ3) is 3.74. The minimum absolute atomic E-state index is 0.116. The first kappa shape index (κ1) is 14.5. The van der Waals surface area contributed by atoms with Crippen molar-refractivity contribution in [2.45, 2.75) is 26.3 Å². The highest BCUT2D eigenvalue weighted by Gasteiger charge is 2.26. The van der Waals surface area contributed by atoms with E-state index in [0.717, 1.165) is 0 Å². The molecule has 1 atom stereocenters. The van der Waals surface area contributed by atoms with Crippen molar-refractivity contribution < 1.29 is 19.4 Å². The number of hydrogen-bond donors (Lipinski definition) is 1. The van der Waals surface area contributed by atoms with E-state index in [4.69, 9.17) is 21.4 Å². The Labute approximate surface area is 111 Å². The summed E-state index contributed by atoms with van der Waals surface area (Å²) in [5.41, 5.74) is -0.720. The third-order valence-corrected chi connectivity index (χ3v) is 3.00. The molecule has 0 amide bonds. The zero-order valence-corrected chi connectivity index (χ0v) is 11.2. The van der Waals surface area contributed by atoms with Crippen LogP contribution in [0, 0.1) is 5.41 Å². The summed E-state index contributed by atoms with van der Waals surface area (Å²) in [6.45, 7) is 5.56. The lowest BCUT2D eigenvalue weighted by molar-refractivity contribution is 0.0251. The largest absolute Gasteiger partial charge is 0.478 e. The van der Waals surface area contributed by atoms with Crippen LogP contribution in [0.5, 0.6) is 0 Å². The molecule has 0 saturated carbocycles. The molecule has 4 nitrogen and oxygen atoms in total. The van der Waals surface area contributed by atoms with E-state index in [1.807, 2.05) is 20.8 Å². The van der Waals surface area contributed by atoms with Gasteiger partial charge in [0.1, 0.15) is 0 Å². The van der Waals surface area contributed by atoms with Gasteiger partial charge in [0.2, 0.25) is 0 Å². The van der Waals surface area contributed by atoms with Crippen LogP contribution in [0.4, 0.5) is 0 Å². The Morgan fingerprint density at radius 3 is 2.00 bits per heavy atom. The molecule has 1 unspecified atom stereocenters. The Morgan fingerprint density at radius 2 is 1.61 bits per heavy atom. The maximum Gasteiger partial charge on any atom is 0.339 e. The quantitative estimate of drug-likeness (QED) is 0.677. The first-order valence-electron chi connectivity index (χ1n) is 5.40. The van der Waals surface area contributed by atoms with Crippen molar-refractivity contribution in [1.82, 2.24) is 0 Å². The Morgan fingerprint density at radius 1 is 1.17 bits per heavy atom. The molecule has 1 rings (SSSR count). The molecule has 18 heavy (non-hydrogen) atoms. The molecule has 5 heteroatoms. The van der Waals surface area contributed by atoms with Gasteiger partial charge in [-0.1, -0.05) is 32.4 Å². The highest BCUT2D eigenvalue weighted by molar-refractivity contribution is 6.20. The molecule has 1 aromatic carbocycles. The topological polar surface area (TPSA) is 63.6 Å². The molecule has 0 spiro atoms. The third-order valence-electron chi connectivity index (χ3n) is 2.26. The number of carbonyl (C=O) groups is 2. The Hall–Kier alpha value is -1.55. The van der Waals surface area contributed by atoms with E-state index < -0.39 is 17.5 Å². The Balaban J connectivity index is 2.76. The van der Waals surface area contributed by atoms with Gasteiger partial charge in [-0.3, -0.25) is 0 Å². The number of hydrogen-bond acceptors (Lipinski definition) is 3. The molecule has 1 aromatic rings. The number of aromatic carboxylic acids is 1. The van der Waals surface area contributed by atoms with E-state index in [9.17, 15) is 9.59 Å². The van der Waals surface area contributed by atoms with Crippen molar-refractivity contribution >= 4 is 23.5 Å². The number of carboxylic acids is 1. The van der Waals surface area contributed by atoms with E-state index in [2.05, 4.69) is 0 Å². The van der Waals surface area contributed by atoms with Crippen LogP contribution in [0.3, 0.4) is 0 Å². The fourth-order valence-corrected chi connectivity index (χ4v) is 1.17. The summed E-state index contributed by atoms with van der Waals surface area (Å²) in [7, 11) is 0. The molecule has 0 aromatic heterocycles. The average molecular weight is 271 g/mol. The number of ether oxygens (including phenoxy) is 1. The van der Waals surface area contributed by atoms with Gasteiger partial charge in [-0.15, -0.1) is 0 Å². The van der Waals surface area contributed by atoms with E-state index in [0.29, 0.717) is 0 Å². The van der Waals surface area contributed by atoms with Gasteiger partial charge >= 0.3 is 11.9 Å². The molecule has 0 aliphatic heterocycles. The van der Waals surface area contributed by atoms with Gasteiger partial charge in [0.05, 0.1) is 11.1 Å². The second-order valence-corrected chi connectivity index (χ2v) is 5.37. The summed E-state index contributed by atoms with van der Waals surface area (Å²) in [5, 5.41) is 8.73. The highest BCUT2D eigenvalue weighted by Crippen LogP contribution is 2.26. The predicted molar refractivity (Wildman–Crippen MR) is 67.9 cm³/mol. The summed E-state index contributed by atoms with van der Waals surface area (Å²) in [5.74, 6) is -1.61. The van der Waals surface area contributed by atoms with E-state index >= 15 is 0 Å². The van der Waals surface area contributed by atoms with Crippen molar-refractivity contribution in [3.8, 4) is 0 Å². The standard InChI is InChI=1S/C13H15ClO4/c1-13(2,3)12(14)18-11(17)9-6-4-8(5-7-9)10(15)16/h4-7,12H,1-3H3,(H,15,16). The molecular weight excluding hydrogens is 256 g/mol. The van der Waals surface area contributed by atoms with Crippen molar-refractivity contribution in [3.63, 3.8) is 0 Å².